The maximum atomic E-state index is 12.4. The first-order chi connectivity index (χ1) is 12.5. The van der Waals surface area contributed by atoms with Crippen LogP contribution in [0.15, 0.2) is 18.2 Å². The standard InChI is InChI=1S/C19H24ClNO5/c1-4-26-16-12-13(11-15(20)18(16)24-2)5-6-17(22)21-9-7-14(8-10-21)19(23)25-3/h5-6,11-12,14H,4,7-10H2,1-3H3. The predicted molar refractivity (Wildman–Crippen MR) is 99.5 cm³/mol. The van der Waals surface area contributed by atoms with Gasteiger partial charge in [-0.25, -0.2) is 0 Å². The van der Waals surface area contributed by atoms with Gasteiger partial charge in [-0.1, -0.05) is 11.6 Å². The third-order valence-corrected chi connectivity index (χ3v) is 4.58. The molecule has 0 radical (unpaired) electrons. The van der Waals surface area contributed by atoms with Crippen LogP contribution in [0.1, 0.15) is 25.3 Å². The van der Waals surface area contributed by atoms with Crippen molar-refractivity contribution >= 4 is 29.6 Å². The summed E-state index contributed by atoms with van der Waals surface area (Å²) >= 11 is 6.22. The number of likely N-dealkylation sites (tertiary alicyclic amines) is 1. The van der Waals surface area contributed by atoms with Gasteiger partial charge in [-0.15, -0.1) is 0 Å². The molecular formula is C19H24ClNO5. The molecular weight excluding hydrogens is 358 g/mol. The van der Waals surface area contributed by atoms with Crippen LogP contribution >= 0.6 is 11.6 Å². The van der Waals surface area contributed by atoms with E-state index < -0.39 is 0 Å². The molecule has 142 valence electrons. The minimum Gasteiger partial charge on any atom is -0.491 e. The first-order valence-corrected chi connectivity index (χ1v) is 8.93. The van der Waals surface area contributed by atoms with Gasteiger partial charge in [-0.05, 0) is 43.5 Å². The highest BCUT2D eigenvalue weighted by Crippen LogP contribution is 2.36. The number of carbonyl (C=O) groups excluding carboxylic acids is 2. The van der Waals surface area contributed by atoms with Crippen LogP contribution in [0.4, 0.5) is 0 Å². The quantitative estimate of drug-likeness (QED) is 0.559. The summed E-state index contributed by atoms with van der Waals surface area (Å²) in [5, 5.41) is 0.421. The summed E-state index contributed by atoms with van der Waals surface area (Å²) in [4.78, 5) is 25.6. The second-order valence-electron chi connectivity index (χ2n) is 5.92. The number of nitrogens with zero attached hydrogens (tertiary/aromatic N) is 1. The van der Waals surface area contributed by atoms with Gasteiger partial charge in [0.25, 0.3) is 0 Å². The van der Waals surface area contributed by atoms with Crippen molar-refractivity contribution in [2.75, 3.05) is 33.9 Å². The van der Waals surface area contributed by atoms with Crippen LogP contribution in [0.2, 0.25) is 5.02 Å². The molecule has 2 rings (SSSR count). The lowest BCUT2D eigenvalue weighted by molar-refractivity contribution is -0.148. The van der Waals surface area contributed by atoms with E-state index in [1.54, 1.807) is 23.1 Å². The average molecular weight is 382 g/mol. The molecule has 0 saturated carbocycles. The number of hydrogen-bond acceptors (Lipinski definition) is 5. The summed E-state index contributed by atoms with van der Waals surface area (Å²) < 4.78 is 15.5. The average Bonchev–Trinajstić information content (AvgIpc) is 2.65. The number of methoxy groups -OCH3 is 2. The Kier molecular flexibility index (Phi) is 7.33. The molecule has 1 aromatic carbocycles. The summed E-state index contributed by atoms with van der Waals surface area (Å²) in [6, 6.07) is 3.50. The first-order valence-electron chi connectivity index (χ1n) is 8.55. The maximum Gasteiger partial charge on any atom is 0.308 e. The first kappa shape index (κ1) is 20.1. The van der Waals surface area contributed by atoms with E-state index in [-0.39, 0.29) is 17.8 Å². The molecule has 1 saturated heterocycles. The van der Waals surface area contributed by atoms with E-state index in [4.69, 9.17) is 25.8 Å². The van der Waals surface area contributed by atoms with Crippen molar-refractivity contribution in [1.82, 2.24) is 4.90 Å². The van der Waals surface area contributed by atoms with E-state index in [1.165, 1.54) is 20.3 Å². The zero-order valence-corrected chi connectivity index (χ0v) is 16.0. The highest BCUT2D eigenvalue weighted by Gasteiger charge is 2.27. The fourth-order valence-electron chi connectivity index (χ4n) is 2.92. The van der Waals surface area contributed by atoms with Crippen molar-refractivity contribution in [3.8, 4) is 11.5 Å². The van der Waals surface area contributed by atoms with Crippen LogP contribution in [0.5, 0.6) is 11.5 Å². The second-order valence-corrected chi connectivity index (χ2v) is 6.33. The molecule has 0 N–H and O–H groups in total. The van der Waals surface area contributed by atoms with Gasteiger partial charge in [-0.3, -0.25) is 9.59 Å². The Bertz CT molecular complexity index is 681. The number of esters is 1. The number of ether oxygens (including phenoxy) is 3. The van der Waals surface area contributed by atoms with E-state index in [0.717, 1.165) is 5.56 Å². The van der Waals surface area contributed by atoms with Gasteiger partial charge in [-0.2, -0.15) is 0 Å². The molecule has 0 aliphatic carbocycles. The monoisotopic (exact) mass is 381 g/mol. The zero-order valence-electron chi connectivity index (χ0n) is 15.3. The highest BCUT2D eigenvalue weighted by molar-refractivity contribution is 6.32. The smallest absolute Gasteiger partial charge is 0.308 e. The molecule has 1 amide bonds. The number of carbonyl (C=O) groups is 2. The summed E-state index contributed by atoms with van der Waals surface area (Å²) in [7, 11) is 2.92. The molecule has 0 bridgehead atoms. The molecule has 0 atom stereocenters. The van der Waals surface area contributed by atoms with Gasteiger partial charge in [0.05, 0.1) is 31.8 Å². The SMILES string of the molecule is CCOc1cc(C=CC(=O)N2CCC(C(=O)OC)CC2)cc(Cl)c1OC. The van der Waals surface area contributed by atoms with E-state index >= 15 is 0 Å². The molecule has 0 spiro atoms. The number of amides is 1. The second kappa shape index (κ2) is 9.48. The zero-order chi connectivity index (χ0) is 19.1. The number of benzene rings is 1. The van der Waals surface area contributed by atoms with Crippen molar-refractivity contribution in [3.05, 3.63) is 28.8 Å². The van der Waals surface area contributed by atoms with E-state index in [2.05, 4.69) is 0 Å². The minimum absolute atomic E-state index is 0.0989. The summed E-state index contributed by atoms with van der Waals surface area (Å²) in [6.45, 7) is 3.43. The van der Waals surface area contributed by atoms with E-state index in [0.29, 0.717) is 49.1 Å². The van der Waals surface area contributed by atoms with E-state index in [1.807, 2.05) is 6.92 Å². The molecule has 0 aromatic heterocycles. The third-order valence-electron chi connectivity index (χ3n) is 4.30. The predicted octanol–water partition coefficient (Wildman–Crippen LogP) is 3.17. The normalized spacial score (nSPS) is 15.2. The van der Waals surface area contributed by atoms with Gasteiger partial charge >= 0.3 is 5.97 Å². The van der Waals surface area contributed by atoms with Crippen molar-refractivity contribution < 1.29 is 23.8 Å². The Morgan fingerprint density at radius 1 is 1.27 bits per heavy atom. The van der Waals surface area contributed by atoms with Gasteiger partial charge in [0.2, 0.25) is 5.91 Å². The molecule has 1 heterocycles. The van der Waals surface area contributed by atoms with Crippen LogP contribution < -0.4 is 9.47 Å². The molecule has 26 heavy (non-hydrogen) atoms. The summed E-state index contributed by atoms with van der Waals surface area (Å²) in [5.74, 6) is 0.583. The van der Waals surface area contributed by atoms with Crippen molar-refractivity contribution in [3.63, 3.8) is 0 Å². The molecule has 7 heteroatoms. The van der Waals surface area contributed by atoms with Crippen molar-refractivity contribution in [2.45, 2.75) is 19.8 Å². The lowest BCUT2D eigenvalue weighted by Gasteiger charge is -2.29. The highest BCUT2D eigenvalue weighted by atomic mass is 35.5. The Morgan fingerprint density at radius 3 is 2.54 bits per heavy atom. The van der Waals surface area contributed by atoms with Crippen LogP contribution in [-0.4, -0.2) is 50.7 Å². The third kappa shape index (κ3) is 4.91. The summed E-state index contributed by atoms with van der Waals surface area (Å²) in [6.07, 6.45) is 4.44. The summed E-state index contributed by atoms with van der Waals surface area (Å²) in [5.41, 5.74) is 0.747. The van der Waals surface area contributed by atoms with Crippen LogP contribution in [-0.2, 0) is 14.3 Å². The Labute approximate surface area is 158 Å². The lowest BCUT2D eigenvalue weighted by Crippen LogP contribution is -2.39. The van der Waals surface area contributed by atoms with Crippen LogP contribution in [0, 0.1) is 5.92 Å². The molecule has 1 aliphatic rings. The van der Waals surface area contributed by atoms with Gasteiger partial charge in [0.1, 0.15) is 0 Å². The number of piperidine rings is 1. The molecule has 0 unspecified atom stereocenters. The topological polar surface area (TPSA) is 65.1 Å². The molecule has 1 aromatic rings. The largest absolute Gasteiger partial charge is 0.491 e. The fourth-order valence-corrected chi connectivity index (χ4v) is 3.22. The minimum atomic E-state index is -0.205. The number of rotatable bonds is 6. The number of halogens is 1. The molecule has 1 aliphatic heterocycles. The van der Waals surface area contributed by atoms with Gasteiger partial charge in [0, 0.05) is 19.2 Å². The van der Waals surface area contributed by atoms with E-state index in [9.17, 15) is 9.59 Å². The Morgan fingerprint density at radius 2 is 1.96 bits per heavy atom. The maximum absolute atomic E-state index is 12.4. The number of hydrogen-bond donors (Lipinski definition) is 0. The van der Waals surface area contributed by atoms with Crippen molar-refractivity contribution in [1.29, 1.82) is 0 Å². The Balaban J connectivity index is 2.03. The van der Waals surface area contributed by atoms with Gasteiger partial charge in [0.15, 0.2) is 11.5 Å². The molecule has 6 nitrogen and oxygen atoms in total. The fraction of sp³-hybridized carbons (Fsp3) is 0.474. The van der Waals surface area contributed by atoms with Gasteiger partial charge < -0.3 is 19.1 Å². The van der Waals surface area contributed by atoms with Crippen LogP contribution in [0.3, 0.4) is 0 Å². The molecule has 1 fully saturated rings. The van der Waals surface area contributed by atoms with Crippen molar-refractivity contribution in [2.24, 2.45) is 5.92 Å². The lowest BCUT2D eigenvalue weighted by atomic mass is 9.97. The Hall–Kier alpha value is -2.21. The van der Waals surface area contributed by atoms with Crippen LogP contribution in [0.25, 0.3) is 6.08 Å².